The van der Waals surface area contributed by atoms with E-state index in [0.717, 1.165) is 37.2 Å². The average molecular weight is 408 g/mol. The molecule has 2 heterocycles. The quantitative estimate of drug-likeness (QED) is 0.716. The van der Waals surface area contributed by atoms with Crippen molar-refractivity contribution >= 4 is 41.3 Å². The molecule has 25 heavy (non-hydrogen) atoms. The Balaban J connectivity index is 0.00000225. The number of halogens is 3. The van der Waals surface area contributed by atoms with Crippen LogP contribution in [0, 0.1) is 12.8 Å². The summed E-state index contributed by atoms with van der Waals surface area (Å²) in [5, 5.41) is 13.9. The molecule has 2 aromatic rings. The van der Waals surface area contributed by atoms with Gasteiger partial charge in [0.2, 0.25) is 5.89 Å². The second kappa shape index (κ2) is 8.45. The Morgan fingerprint density at radius 2 is 2.04 bits per heavy atom. The highest BCUT2D eigenvalue weighted by molar-refractivity contribution is 6.44. The fourth-order valence-corrected chi connectivity index (χ4v) is 3.60. The first-order chi connectivity index (χ1) is 11.5. The molecule has 138 valence electrons. The zero-order valence-electron chi connectivity index (χ0n) is 14.0. The van der Waals surface area contributed by atoms with Gasteiger partial charge in [-0.15, -0.1) is 17.5 Å². The Kier molecular flexibility index (Phi) is 6.79. The molecule has 9 heteroatoms. The van der Waals surface area contributed by atoms with E-state index in [0.29, 0.717) is 21.5 Å². The highest BCUT2D eigenvalue weighted by Gasteiger charge is 2.23. The Hall–Kier alpha value is -1.21. The van der Waals surface area contributed by atoms with Gasteiger partial charge in [-0.05, 0) is 57.3 Å². The molecule has 0 amide bonds. The molecular weight excluding hydrogens is 387 g/mol. The van der Waals surface area contributed by atoms with Crippen molar-refractivity contribution in [1.82, 2.24) is 15.5 Å². The Labute approximate surface area is 162 Å². The van der Waals surface area contributed by atoms with E-state index >= 15 is 0 Å². The van der Waals surface area contributed by atoms with Crippen LogP contribution >= 0.6 is 35.6 Å². The van der Waals surface area contributed by atoms with Crippen LogP contribution in [0.4, 0.5) is 5.69 Å². The van der Waals surface area contributed by atoms with Crippen molar-refractivity contribution in [1.29, 1.82) is 0 Å². The fourth-order valence-electron chi connectivity index (χ4n) is 3.15. The van der Waals surface area contributed by atoms with Crippen LogP contribution in [0.25, 0.3) is 11.5 Å². The van der Waals surface area contributed by atoms with Gasteiger partial charge in [0, 0.05) is 11.6 Å². The number of piperidine rings is 1. The van der Waals surface area contributed by atoms with Gasteiger partial charge >= 0.3 is 5.76 Å². The minimum atomic E-state index is -0.604. The topological polar surface area (TPSA) is 83.0 Å². The van der Waals surface area contributed by atoms with Gasteiger partial charge in [0.1, 0.15) is 0 Å². The largest absolute Gasteiger partial charge is 0.434 e. The smallest absolute Gasteiger partial charge is 0.388 e. The van der Waals surface area contributed by atoms with E-state index in [9.17, 15) is 4.79 Å². The summed E-state index contributed by atoms with van der Waals surface area (Å²) in [7, 11) is 0. The lowest BCUT2D eigenvalue weighted by atomic mass is 9.91. The van der Waals surface area contributed by atoms with Gasteiger partial charge in [-0.1, -0.05) is 23.2 Å². The predicted molar refractivity (Wildman–Crippen MR) is 103 cm³/mol. The molecule has 1 aliphatic heterocycles. The average Bonchev–Trinajstić information content (AvgIpc) is 3.01. The number of aromatic amines is 1. The molecule has 1 aromatic heterocycles. The van der Waals surface area contributed by atoms with Gasteiger partial charge in [-0.25, -0.2) is 9.89 Å². The van der Waals surface area contributed by atoms with E-state index in [1.54, 1.807) is 6.07 Å². The lowest BCUT2D eigenvalue weighted by Gasteiger charge is -2.30. The van der Waals surface area contributed by atoms with Crippen LogP contribution in [0.1, 0.15) is 25.3 Å². The molecule has 1 fully saturated rings. The zero-order valence-corrected chi connectivity index (χ0v) is 16.3. The number of hydrogen-bond acceptors (Lipinski definition) is 5. The number of aromatic nitrogens is 2. The van der Waals surface area contributed by atoms with Gasteiger partial charge < -0.3 is 15.1 Å². The second-order valence-electron chi connectivity index (χ2n) is 6.16. The van der Waals surface area contributed by atoms with Crippen LogP contribution < -0.4 is 16.4 Å². The van der Waals surface area contributed by atoms with Crippen LogP contribution in [0.3, 0.4) is 0 Å². The summed E-state index contributed by atoms with van der Waals surface area (Å²) in [4.78, 5) is 11.2. The molecule has 3 N–H and O–H groups in total. The molecule has 0 aliphatic carbocycles. The lowest BCUT2D eigenvalue weighted by Crippen LogP contribution is -2.36. The van der Waals surface area contributed by atoms with E-state index in [2.05, 4.69) is 27.8 Å². The van der Waals surface area contributed by atoms with Crippen molar-refractivity contribution < 1.29 is 4.42 Å². The van der Waals surface area contributed by atoms with Crippen molar-refractivity contribution in [3.05, 3.63) is 32.2 Å². The third-order valence-electron chi connectivity index (χ3n) is 4.61. The van der Waals surface area contributed by atoms with Crippen LogP contribution in [0.5, 0.6) is 0 Å². The summed E-state index contributed by atoms with van der Waals surface area (Å²) in [6.07, 6.45) is 2.24. The normalized spacial score (nSPS) is 16.3. The van der Waals surface area contributed by atoms with Gasteiger partial charge in [-0.3, -0.25) is 0 Å². The number of nitrogens with zero attached hydrogens (tertiary/aromatic N) is 1. The Morgan fingerprint density at radius 3 is 2.64 bits per heavy atom. The summed E-state index contributed by atoms with van der Waals surface area (Å²) in [5.74, 6) is 0.161. The van der Waals surface area contributed by atoms with E-state index in [-0.39, 0.29) is 24.3 Å². The molecule has 0 spiro atoms. The lowest BCUT2D eigenvalue weighted by molar-refractivity contribution is 0.343. The van der Waals surface area contributed by atoms with E-state index in [1.807, 2.05) is 6.92 Å². The Morgan fingerprint density at radius 1 is 1.36 bits per heavy atom. The summed E-state index contributed by atoms with van der Waals surface area (Å²) in [6.45, 7) is 6.12. The molecule has 1 unspecified atom stereocenters. The van der Waals surface area contributed by atoms with Crippen LogP contribution in [0.15, 0.2) is 15.3 Å². The number of H-pyrrole nitrogens is 1. The maximum Gasteiger partial charge on any atom is 0.434 e. The second-order valence-corrected chi connectivity index (χ2v) is 6.94. The van der Waals surface area contributed by atoms with E-state index < -0.39 is 5.76 Å². The Bertz CT molecular complexity index is 784. The van der Waals surface area contributed by atoms with Crippen molar-refractivity contribution in [2.75, 3.05) is 18.4 Å². The molecule has 6 nitrogen and oxygen atoms in total. The highest BCUT2D eigenvalue weighted by atomic mass is 35.5. The minimum absolute atomic E-state index is 0. The van der Waals surface area contributed by atoms with Gasteiger partial charge in [-0.2, -0.15) is 0 Å². The maximum atomic E-state index is 11.2. The van der Waals surface area contributed by atoms with Crippen molar-refractivity contribution in [3.8, 4) is 11.5 Å². The summed E-state index contributed by atoms with van der Waals surface area (Å²) in [6, 6.07) is 1.92. The van der Waals surface area contributed by atoms with Crippen molar-refractivity contribution in [3.63, 3.8) is 0 Å². The molecule has 0 saturated carbocycles. The molecule has 1 aromatic carbocycles. The van der Waals surface area contributed by atoms with E-state index in [1.165, 1.54) is 0 Å². The third kappa shape index (κ3) is 4.31. The van der Waals surface area contributed by atoms with Gasteiger partial charge in [0.25, 0.3) is 0 Å². The first kappa shape index (κ1) is 20.1. The molecule has 1 aliphatic rings. The molecule has 1 atom stereocenters. The number of anilines is 1. The van der Waals surface area contributed by atoms with Crippen LogP contribution in [-0.4, -0.2) is 29.3 Å². The number of nitrogens with one attached hydrogen (secondary N) is 3. The maximum absolute atomic E-state index is 11.2. The predicted octanol–water partition coefficient (Wildman–Crippen LogP) is 3.87. The van der Waals surface area contributed by atoms with Gasteiger partial charge in [0.05, 0.1) is 15.7 Å². The number of rotatable bonds is 4. The number of hydrogen-bond donors (Lipinski definition) is 3. The van der Waals surface area contributed by atoms with Crippen molar-refractivity contribution in [2.24, 2.45) is 5.92 Å². The van der Waals surface area contributed by atoms with E-state index in [4.69, 9.17) is 27.6 Å². The number of benzene rings is 1. The van der Waals surface area contributed by atoms with Crippen LogP contribution in [-0.2, 0) is 0 Å². The molecular formula is C16H21Cl3N4O2. The summed E-state index contributed by atoms with van der Waals surface area (Å²) >= 11 is 12.7. The molecule has 0 bridgehead atoms. The molecule has 0 radical (unpaired) electrons. The highest BCUT2D eigenvalue weighted by Crippen LogP contribution is 2.39. The summed E-state index contributed by atoms with van der Waals surface area (Å²) in [5.41, 5.74) is 2.25. The standard InChI is InChI=1S/C16H20Cl2N4O2.ClH/c1-8-11(15-21-22-16(23)24-15)7-12(17)13(18)14(8)20-9(2)10-3-5-19-6-4-10;/h7,9-10,19-20H,3-6H2,1-2H3,(H,22,23);1H. The zero-order chi connectivity index (χ0) is 17.3. The van der Waals surface area contributed by atoms with Crippen molar-refractivity contribution in [2.45, 2.75) is 32.7 Å². The molecule has 3 rings (SSSR count). The first-order valence-electron chi connectivity index (χ1n) is 7.99. The van der Waals surface area contributed by atoms with Crippen LogP contribution in [0.2, 0.25) is 10.0 Å². The molecule has 1 saturated heterocycles. The monoisotopic (exact) mass is 406 g/mol. The minimum Gasteiger partial charge on any atom is -0.388 e. The third-order valence-corrected chi connectivity index (χ3v) is 5.40. The first-order valence-corrected chi connectivity index (χ1v) is 8.74. The summed E-state index contributed by atoms with van der Waals surface area (Å²) < 4.78 is 5.06. The SMILES string of the molecule is Cc1c(-c2n[nH]c(=O)o2)cc(Cl)c(Cl)c1NC(C)C1CCNCC1.Cl. The van der Waals surface area contributed by atoms with Gasteiger partial charge in [0.15, 0.2) is 0 Å². The fraction of sp³-hybridized carbons (Fsp3) is 0.500.